The number of halogens is 1. The second-order valence-corrected chi connectivity index (χ2v) is 5.89. The number of nitrogens with zero attached hydrogens (tertiary/aromatic N) is 1. The first-order valence-electron chi connectivity index (χ1n) is 6.50. The highest BCUT2D eigenvalue weighted by molar-refractivity contribution is 9.09. The summed E-state index contributed by atoms with van der Waals surface area (Å²) in [6.07, 6.45) is 6.85. The van der Waals surface area contributed by atoms with Crippen LogP contribution in [0.1, 0.15) is 52.9 Å². The van der Waals surface area contributed by atoms with E-state index in [1.807, 2.05) is 0 Å². The van der Waals surface area contributed by atoms with Gasteiger partial charge in [0.05, 0.1) is 0 Å². The van der Waals surface area contributed by atoms with Gasteiger partial charge in [0.2, 0.25) is 0 Å². The van der Waals surface area contributed by atoms with E-state index in [4.69, 9.17) is 0 Å². The fraction of sp³-hybridized carbons (Fsp3) is 1.00. The largest absolute Gasteiger partial charge is 0.298 e. The average Bonchev–Trinajstić information content (AvgIpc) is 2.57. The minimum Gasteiger partial charge on any atom is -0.298 e. The number of rotatable bonds is 6. The van der Waals surface area contributed by atoms with E-state index in [9.17, 15) is 0 Å². The van der Waals surface area contributed by atoms with Crippen LogP contribution in [0.15, 0.2) is 0 Å². The van der Waals surface area contributed by atoms with Crippen LogP contribution in [0.2, 0.25) is 0 Å². The molecule has 1 aliphatic rings. The SMILES string of the molecule is CCC1CCC(C)N1CCC(C)CCBr. The molecule has 0 aromatic carbocycles. The van der Waals surface area contributed by atoms with Crippen molar-refractivity contribution in [2.45, 2.75) is 65.0 Å². The Morgan fingerprint density at radius 3 is 2.67 bits per heavy atom. The van der Waals surface area contributed by atoms with Crippen LogP contribution in [0.5, 0.6) is 0 Å². The Balaban J connectivity index is 2.29. The van der Waals surface area contributed by atoms with Crippen LogP contribution in [0.25, 0.3) is 0 Å². The Labute approximate surface area is 104 Å². The van der Waals surface area contributed by atoms with Gasteiger partial charge in [0.1, 0.15) is 0 Å². The topological polar surface area (TPSA) is 3.24 Å². The zero-order valence-electron chi connectivity index (χ0n) is 10.5. The van der Waals surface area contributed by atoms with Crippen molar-refractivity contribution in [3.8, 4) is 0 Å². The molecule has 0 saturated carbocycles. The first-order chi connectivity index (χ1) is 7.19. The summed E-state index contributed by atoms with van der Waals surface area (Å²) in [7, 11) is 0. The minimum absolute atomic E-state index is 0.825. The summed E-state index contributed by atoms with van der Waals surface area (Å²) in [6.45, 7) is 8.42. The summed E-state index contributed by atoms with van der Waals surface area (Å²) in [5.41, 5.74) is 0. The molecule has 3 atom stereocenters. The summed E-state index contributed by atoms with van der Waals surface area (Å²) in [5, 5.41) is 1.15. The lowest BCUT2D eigenvalue weighted by Gasteiger charge is -2.28. The Morgan fingerprint density at radius 2 is 2.07 bits per heavy atom. The highest BCUT2D eigenvalue weighted by Crippen LogP contribution is 2.26. The molecule has 1 fully saturated rings. The summed E-state index contributed by atoms with van der Waals surface area (Å²) in [4.78, 5) is 2.74. The number of alkyl halides is 1. The molecule has 1 rings (SSSR count). The average molecular weight is 276 g/mol. The van der Waals surface area contributed by atoms with Crippen molar-refractivity contribution in [1.29, 1.82) is 0 Å². The lowest BCUT2D eigenvalue weighted by atomic mass is 10.0. The van der Waals surface area contributed by atoms with Gasteiger partial charge in [-0.1, -0.05) is 29.8 Å². The van der Waals surface area contributed by atoms with Crippen LogP contribution >= 0.6 is 15.9 Å². The summed E-state index contributed by atoms with van der Waals surface area (Å²) < 4.78 is 0. The van der Waals surface area contributed by atoms with E-state index in [-0.39, 0.29) is 0 Å². The molecule has 1 heterocycles. The molecule has 0 amide bonds. The monoisotopic (exact) mass is 275 g/mol. The van der Waals surface area contributed by atoms with Gasteiger partial charge in [-0.15, -0.1) is 0 Å². The second kappa shape index (κ2) is 6.90. The van der Waals surface area contributed by atoms with E-state index in [1.165, 1.54) is 38.6 Å². The standard InChI is InChI=1S/C13H26BrN/c1-4-13-6-5-12(3)15(13)10-8-11(2)7-9-14/h11-13H,4-10H2,1-3H3. The zero-order chi connectivity index (χ0) is 11.3. The maximum absolute atomic E-state index is 3.53. The third-order valence-corrected chi connectivity index (χ3v) is 4.36. The van der Waals surface area contributed by atoms with Crippen LogP contribution < -0.4 is 0 Å². The molecular formula is C13H26BrN. The van der Waals surface area contributed by atoms with Crippen molar-refractivity contribution in [2.75, 3.05) is 11.9 Å². The molecule has 2 heteroatoms. The van der Waals surface area contributed by atoms with Gasteiger partial charge >= 0.3 is 0 Å². The predicted octanol–water partition coefficient (Wildman–Crippen LogP) is 4.06. The molecule has 15 heavy (non-hydrogen) atoms. The fourth-order valence-electron chi connectivity index (χ4n) is 2.67. The van der Waals surface area contributed by atoms with Crippen molar-refractivity contribution in [3.63, 3.8) is 0 Å². The first-order valence-corrected chi connectivity index (χ1v) is 7.62. The molecule has 1 aliphatic heterocycles. The van der Waals surface area contributed by atoms with E-state index in [0.29, 0.717) is 0 Å². The third-order valence-electron chi connectivity index (χ3n) is 3.91. The van der Waals surface area contributed by atoms with Crippen LogP contribution in [0.4, 0.5) is 0 Å². The molecule has 0 aromatic rings. The Hall–Kier alpha value is 0.440. The molecule has 90 valence electrons. The van der Waals surface area contributed by atoms with E-state index in [0.717, 1.165) is 23.3 Å². The first kappa shape index (κ1) is 13.5. The van der Waals surface area contributed by atoms with E-state index >= 15 is 0 Å². The van der Waals surface area contributed by atoms with Gasteiger partial charge in [-0.05, 0) is 51.5 Å². The minimum atomic E-state index is 0.825. The van der Waals surface area contributed by atoms with Crippen LogP contribution in [0.3, 0.4) is 0 Å². The highest BCUT2D eigenvalue weighted by atomic mass is 79.9. The predicted molar refractivity (Wildman–Crippen MR) is 71.7 cm³/mol. The highest BCUT2D eigenvalue weighted by Gasteiger charge is 2.28. The Bertz CT molecular complexity index is 172. The lowest BCUT2D eigenvalue weighted by Crippen LogP contribution is -2.35. The molecule has 0 bridgehead atoms. The second-order valence-electron chi connectivity index (χ2n) is 5.10. The van der Waals surface area contributed by atoms with Crippen molar-refractivity contribution >= 4 is 15.9 Å². The number of hydrogen-bond acceptors (Lipinski definition) is 1. The van der Waals surface area contributed by atoms with Gasteiger partial charge in [0.25, 0.3) is 0 Å². The van der Waals surface area contributed by atoms with Crippen LogP contribution in [-0.2, 0) is 0 Å². The van der Waals surface area contributed by atoms with Crippen molar-refractivity contribution in [2.24, 2.45) is 5.92 Å². The van der Waals surface area contributed by atoms with Gasteiger partial charge in [0.15, 0.2) is 0 Å². The maximum Gasteiger partial charge on any atom is 0.00960 e. The van der Waals surface area contributed by atoms with Crippen LogP contribution in [0, 0.1) is 5.92 Å². The van der Waals surface area contributed by atoms with Crippen molar-refractivity contribution in [3.05, 3.63) is 0 Å². The molecule has 0 N–H and O–H groups in total. The van der Waals surface area contributed by atoms with Crippen molar-refractivity contribution in [1.82, 2.24) is 4.90 Å². The van der Waals surface area contributed by atoms with Crippen LogP contribution in [-0.4, -0.2) is 28.9 Å². The molecule has 0 spiro atoms. The van der Waals surface area contributed by atoms with Gasteiger partial charge in [0, 0.05) is 17.4 Å². The maximum atomic E-state index is 3.53. The molecule has 0 radical (unpaired) electrons. The summed E-state index contributed by atoms with van der Waals surface area (Å²) in [5.74, 6) is 0.870. The van der Waals surface area contributed by atoms with Gasteiger partial charge < -0.3 is 0 Å². The molecule has 3 unspecified atom stereocenters. The van der Waals surface area contributed by atoms with Crippen molar-refractivity contribution < 1.29 is 0 Å². The lowest BCUT2D eigenvalue weighted by molar-refractivity contribution is 0.185. The number of likely N-dealkylation sites (tertiary alicyclic amines) is 1. The van der Waals surface area contributed by atoms with Gasteiger partial charge in [-0.2, -0.15) is 0 Å². The fourth-order valence-corrected chi connectivity index (χ4v) is 3.45. The Kier molecular flexibility index (Phi) is 6.21. The summed E-state index contributed by atoms with van der Waals surface area (Å²) >= 11 is 3.53. The third kappa shape index (κ3) is 4.07. The smallest absolute Gasteiger partial charge is 0.00960 e. The molecule has 0 aromatic heterocycles. The molecule has 1 nitrogen and oxygen atoms in total. The summed E-state index contributed by atoms with van der Waals surface area (Å²) in [6, 6.07) is 1.70. The number of hydrogen-bond donors (Lipinski definition) is 0. The molecule has 1 saturated heterocycles. The van der Waals surface area contributed by atoms with E-state index in [1.54, 1.807) is 0 Å². The van der Waals surface area contributed by atoms with Gasteiger partial charge in [-0.25, -0.2) is 0 Å². The Morgan fingerprint density at radius 1 is 1.33 bits per heavy atom. The van der Waals surface area contributed by atoms with Gasteiger partial charge in [-0.3, -0.25) is 4.90 Å². The van der Waals surface area contributed by atoms with E-state index < -0.39 is 0 Å². The zero-order valence-corrected chi connectivity index (χ0v) is 12.1. The van der Waals surface area contributed by atoms with E-state index in [2.05, 4.69) is 41.6 Å². The normalized spacial score (nSPS) is 29.6. The quantitative estimate of drug-likeness (QED) is 0.661. The molecule has 0 aliphatic carbocycles. The molecular weight excluding hydrogens is 250 g/mol.